The summed E-state index contributed by atoms with van der Waals surface area (Å²) in [5, 5.41) is 7.31. The van der Waals surface area contributed by atoms with Crippen molar-refractivity contribution in [1.82, 2.24) is 14.6 Å². The summed E-state index contributed by atoms with van der Waals surface area (Å²) in [6.45, 7) is 1.16. The second-order valence-corrected chi connectivity index (χ2v) is 9.64. The van der Waals surface area contributed by atoms with Crippen LogP contribution >= 0.6 is 11.8 Å². The van der Waals surface area contributed by atoms with Crippen molar-refractivity contribution in [1.29, 1.82) is 0 Å². The lowest BCUT2D eigenvalue weighted by Crippen LogP contribution is -2.27. The smallest absolute Gasteiger partial charge is 0.262 e. The summed E-state index contributed by atoms with van der Waals surface area (Å²) in [4.78, 5) is 31.0. The van der Waals surface area contributed by atoms with Gasteiger partial charge in [0, 0.05) is 13.0 Å². The van der Waals surface area contributed by atoms with Crippen molar-refractivity contribution in [2.45, 2.75) is 50.2 Å². The Hall–Kier alpha value is -3.19. The van der Waals surface area contributed by atoms with E-state index in [0.717, 1.165) is 37.0 Å². The number of rotatable bonds is 7. The quantitative estimate of drug-likeness (QED) is 0.275. The van der Waals surface area contributed by atoms with Crippen LogP contribution in [0.1, 0.15) is 44.1 Å². The zero-order chi connectivity index (χ0) is 23.3. The van der Waals surface area contributed by atoms with Crippen LogP contribution in [-0.4, -0.2) is 38.5 Å². The number of hydrazone groups is 1. The lowest BCUT2D eigenvalue weighted by Gasteiger charge is -2.17. The molecule has 1 aliphatic carbocycles. The molecule has 1 aliphatic heterocycles. The fraction of sp³-hybridized carbons (Fsp3) is 0.333. The number of allylic oxidation sites excluding steroid dienone is 2. The van der Waals surface area contributed by atoms with Gasteiger partial charge in [-0.05, 0) is 49.8 Å². The summed E-state index contributed by atoms with van der Waals surface area (Å²) in [7, 11) is 0. The van der Waals surface area contributed by atoms with Crippen molar-refractivity contribution >= 4 is 34.3 Å². The second-order valence-electron chi connectivity index (χ2n) is 8.69. The molecule has 2 aromatic carbocycles. The molecule has 1 amide bonds. The van der Waals surface area contributed by atoms with Gasteiger partial charge in [0.2, 0.25) is 0 Å². The summed E-state index contributed by atoms with van der Waals surface area (Å²) in [6.07, 6.45) is 8.59. The highest BCUT2D eigenvalue weighted by atomic mass is 32.2. The third-order valence-electron chi connectivity index (χ3n) is 6.39. The molecular formula is C27H28N4O2S. The Kier molecular flexibility index (Phi) is 6.90. The Balaban J connectivity index is 1.34. The number of para-hydroxylation sites is 1. The molecule has 2 aliphatic rings. The summed E-state index contributed by atoms with van der Waals surface area (Å²) in [6, 6.07) is 17.4. The molecule has 3 aromatic rings. The van der Waals surface area contributed by atoms with Gasteiger partial charge in [-0.3, -0.25) is 14.2 Å². The van der Waals surface area contributed by atoms with Gasteiger partial charge in [0.15, 0.2) is 5.16 Å². The van der Waals surface area contributed by atoms with Gasteiger partial charge < -0.3 is 0 Å². The van der Waals surface area contributed by atoms with Crippen LogP contribution in [-0.2, 0) is 11.3 Å². The van der Waals surface area contributed by atoms with E-state index in [4.69, 9.17) is 4.98 Å². The second kappa shape index (κ2) is 10.4. The standard InChI is InChI=1S/C27H28N4O2S/c32-25(31-18-16-23(29-31)21-11-5-2-6-12-21)19-34-27-28-24-14-8-7-13-22(24)26(33)30(27)17-15-20-9-3-1-4-10-20/h2,5-9,11-14H,1,3-4,10,15-19H2. The van der Waals surface area contributed by atoms with E-state index in [9.17, 15) is 9.59 Å². The minimum absolute atomic E-state index is 0.0393. The number of carbonyl (C=O) groups excluding carboxylic acids is 1. The Morgan fingerprint density at radius 3 is 2.65 bits per heavy atom. The zero-order valence-corrected chi connectivity index (χ0v) is 20.0. The number of thioether (sulfide) groups is 1. The average molecular weight is 473 g/mol. The fourth-order valence-electron chi connectivity index (χ4n) is 4.51. The first kappa shape index (κ1) is 22.6. The molecule has 6 nitrogen and oxygen atoms in total. The maximum Gasteiger partial charge on any atom is 0.262 e. The Bertz CT molecular complexity index is 1310. The van der Waals surface area contributed by atoms with Crippen molar-refractivity contribution in [2.75, 3.05) is 12.3 Å². The van der Waals surface area contributed by atoms with Gasteiger partial charge in [-0.2, -0.15) is 5.10 Å². The maximum absolute atomic E-state index is 13.3. The summed E-state index contributed by atoms with van der Waals surface area (Å²) < 4.78 is 1.75. The van der Waals surface area contributed by atoms with Crippen LogP contribution in [0.5, 0.6) is 0 Å². The predicted octanol–water partition coefficient (Wildman–Crippen LogP) is 5.02. The molecule has 0 atom stereocenters. The molecule has 1 aromatic heterocycles. The SMILES string of the molecule is O=C(CSc1nc2ccccc2c(=O)n1CCC1=CCCCC1)N1CCC(c2ccccc2)=N1. The molecular weight excluding hydrogens is 444 g/mol. The fourth-order valence-corrected chi connectivity index (χ4v) is 5.41. The van der Waals surface area contributed by atoms with E-state index in [1.54, 1.807) is 9.58 Å². The number of amides is 1. The first-order chi connectivity index (χ1) is 16.7. The molecule has 0 saturated carbocycles. The summed E-state index contributed by atoms with van der Waals surface area (Å²) in [5.74, 6) is 0.124. The van der Waals surface area contributed by atoms with Crippen molar-refractivity contribution in [3.63, 3.8) is 0 Å². The summed E-state index contributed by atoms with van der Waals surface area (Å²) in [5.41, 5.74) is 4.02. The van der Waals surface area contributed by atoms with Gasteiger partial charge in [-0.1, -0.05) is 65.9 Å². The van der Waals surface area contributed by atoms with Gasteiger partial charge in [-0.25, -0.2) is 9.99 Å². The van der Waals surface area contributed by atoms with Crippen molar-refractivity contribution < 1.29 is 4.79 Å². The molecule has 0 bridgehead atoms. The largest absolute Gasteiger partial charge is 0.287 e. The highest BCUT2D eigenvalue weighted by molar-refractivity contribution is 7.99. The van der Waals surface area contributed by atoms with Crippen LogP contribution in [0.15, 0.2) is 81.3 Å². The number of benzene rings is 2. The van der Waals surface area contributed by atoms with E-state index >= 15 is 0 Å². The molecule has 5 rings (SSSR count). The lowest BCUT2D eigenvalue weighted by atomic mass is 9.97. The van der Waals surface area contributed by atoms with Gasteiger partial charge >= 0.3 is 0 Å². The molecule has 0 radical (unpaired) electrons. The number of nitrogens with zero attached hydrogens (tertiary/aromatic N) is 4. The van der Waals surface area contributed by atoms with Crippen LogP contribution in [0.3, 0.4) is 0 Å². The van der Waals surface area contributed by atoms with Crippen LogP contribution < -0.4 is 5.56 Å². The van der Waals surface area contributed by atoms with Crippen molar-refractivity contribution in [3.05, 3.63) is 82.2 Å². The first-order valence-electron chi connectivity index (χ1n) is 11.9. The van der Waals surface area contributed by atoms with Crippen molar-refractivity contribution in [3.8, 4) is 0 Å². The molecule has 0 saturated heterocycles. The average Bonchev–Trinajstić information content (AvgIpc) is 3.39. The predicted molar refractivity (Wildman–Crippen MR) is 137 cm³/mol. The minimum atomic E-state index is -0.0696. The van der Waals surface area contributed by atoms with E-state index in [-0.39, 0.29) is 17.2 Å². The molecule has 7 heteroatoms. The van der Waals surface area contributed by atoms with E-state index in [0.29, 0.717) is 29.1 Å². The Morgan fingerprint density at radius 1 is 1.00 bits per heavy atom. The number of carbonyl (C=O) groups is 1. The van der Waals surface area contributed by atoms with E-state index < -0.39 is 0 Å². The van der Waals surface area contributed by atoms with Crippen molar-refractivity contribution in [2.24, 2.45) is 5.10 Å². The number of fused-ring (bicyclic) bond motifs is 1. The monoisotopic (exact) mass is 472 g/mol. The van der Waals surface area contributed by atoms with Crippen LogP contribution in [0.4, 0.5) is 0 Å². The minimum Gasteiger partial charge on any atom is -0.287 e. The Morgan fingerprint density at radius 2 is 1.82 bits per heavy atom. The maximum atomic E-state index is 13.3. The number of aromatic nitrogens is 2. The lowest BCUT2D eigenvalue weighted by molar-refractivity contribution is -0.127. The zero-order valence-electron chi connectivity index (χ0n) is 19.2. The first-order valence-corrected chi connectivity index (χ1v) is 12.9. The topological polar surface area (TPSA) is 67.6 Å². The Labute approximate surface area is 203 Å². The molecule has 0 spiro atoms. The molecule has 174 valence electrons. The molecule has 0 fully saturated rings. The van der Waals surface area contributed by atoms with E-state index in [1.165, 1.54) is 30.2 Å². The van der Waals surface area contributed by atoms with Gasteiger partial charge in [0.25, 0.3) is 11.5 Å². The molecule has 34 heavy (non-hydrogen) atoms. The van der Waals surface area contributed by atoms with E-state index in [1.807, 2.05) is 54.6 Å². The van der Waals surface area contributed by atoms with E-state index in [2.05, 4.69) is 11.2 Å². The third kappa shape index (κ3) is 4.99. The van der Waals surface area contributed by atoms with Gasteiger partial charge in [-0.15, -0.1) is 0 Å². The van der Waals surface area contributed by atoms with Crippen LogP contribution in [0.25, 0.3) is 10.9 Å². The molecule has 0 N–H and O–H groups in total. The van der Waals surface area contributed by atoms with Gasteiger partial charge in [0.05, 0.1) is 28.9 Å². The van der Waals surface area contributed by atoms with Gasteiger partial charge in [0.1, 0.15) is 0 Å². The normalized spacial score (nSPS) is 15.9. The van der Waals surface area contributed by atoms with Crippen LogP contribution in [0, 0.1) is 0 Å². The molecule has 2 heterocycles. The number of hydrogen-bond acceptors (Lipinski definition) is 5. The highest BCUT2D eigenvalue weighted by Gasteiger charge is 2.22. The third-order valence-corrected chi connectivity index (χ3v) is 7.35. The van der Waals surface area contributed by atoms with Crippen LogP contribution in [0.2, 0.25) is 0 Å². The number of hydrogen-bond donors (Lipinski definition) is 0. The summed E-state index contributed by atoms with van der Waals surface area (Å²) >= 11 is 1.33. The molecule has 0 unspecified atom stereocenters. The highest BCUT2D eigenvalue weighted by Crippen LogP contribution is 2.24.